The Bertz CT molecular complexity index is 247. The van der Waals surface area contributed by atoms with Gasteiger partial charge < -0.3 is 15.0 Å². The average molecular weight is 268 g/mol. The smallest absolute Gasteiger partial charge is 0.0546 e. The predicted octanol–water partition coefficient (Wildman–Crippen LogP) is 2.51. The molecule has 2 fully saturated rings. The maximum atomic E-state index is 5.80. The van der Waals surface area contributed by atoms with Crippen molar-refractivity contribution in [3.63, 3.8) is 0 Å². The van der Waals surface area contributed by atoms with E-state index in [2.05, 4.69) is 24.2 Å². The number of nitrogens with zero attached hydrogens (tertiary/aromatic N) is 1. The zero-order chi connectivity index (χ0) is 13.6. The molecule has 1 atom stereocenters. The van der Waals surface area contributed by atoms with Gasteiger partial charge in [0.2, 0.25) is 0 Å². The molecule has 1 heterocycles. The summed E-state index contributed by atoms with van der Waals surface area (Å²) in [7, 11) is 2.30. The lowest BCUT2D eigenvalue weighted by Gasteiger charge is -2.41. The molecule has 0 spiro atoms. The summed E-state index contributed by atoms with van der Waals surface area (Å²) in [5.74, 6) is 0.968. The van der Waals surface area contributed by atoms with Gasteiger partial charge in [-0.25, -0.2) is 0 Å². The Labute approximate surface area is 119 Å². The molecular weight excluding hydrogens is 236 g/mol. The van der Waals surface area contributed by atoms with Crippen LogP contribution in [0.1, 0.15) is 45.4 Å². The van der Waals surface area contributed by atoms with Crippen LogP contribution >= 0.6 is 0 Å². The van der Waals surface area contributed by atoms with Crippen LogP contribution < -0.4 is 5.32 Å². The first-order valence-corrected chi connectivity index (χ1v) is 8.21. The lowest BCUT2D eigenvalue weighted by Crippen LogP contribution is -2.49. The van der Waals surface area contributed by atoms with Crippen molar-refractivity contribution in [2.45, 2.75) is 45.4 Å². The number of hydrogen-bond donors (Lipinski definition) is 1. The Kier molecular flexibility index (Phi) is 6.11. The van der Waals surface area contributed by atoms with Gasteiger partial charge in [-0.1, -0.05) is 13.3 Å². The lowest BCUT2D eigenvalue weighted by atomic mass is 9.80. The third kappa shape index (κ3) is 4.73. The molecule has 0 radical (unpaired) electrons. The fraction of sp³-hybridized carbons (Fsp3) is 1.00. The molecule has 1 aliphatic heterocycles. The van der Waals surface area contributed by atoms with E-state index in [1.807, 2.05) is 0 Å². The molecule has 0 aromatic carbocycles. The summed E-state index contributed by atoms with van der Waals surface area (Å²) < 4.78 is 5.80. The van der Waals surface area contributed by atoms with Gasteiger partial charge in [0.15, 0.2) is 0 Å². The standard InChI is InChI=1S/C16H32N2O/c1-3-9-17-12-16(8-5-10-19-14-16)13-18(2)11-15-6-4-7-15/h15,17H,3-14H2,1-2H3. The lowest BCUT2D eigenvalue weighted by molar-refractivity contribution is -0.0256. The highest BCUT2D eigenvalue weighted by Gasteiger charge is 2.34. The maximum Gasteiger partial charge on any atom is 0.0546 e. The first kappa shape index (κ1) is 15.3. The number of ether oxygens (including phenoxy) is 1. The highest BCUT2D eigenvalue weighted by atomic mass is 16.5. The van der Waals surface area contributed by atoms with Crippen molar-refractivity contribution in [3.05, 3.63) is 0 Å². The van der Waals surface area contributed by atoms with E-state index >= 15 is 0 Å². The van der Waals surface area contributed by atoms with E-state index < -0.39 is 0 Å². The number of rotatable bonds is 8. The van der Waals surface area contributed by atoms with Gasteiger partial charge in [0.05, 0.1) is 6.61 Å². The Morgan fingerprint density at radius 1 is 1.32 bits per heavy atom. The molecule has 3 heteroatoms. The van der Waals surface area contributed by atoms with E-state index in [1.165, 1.54) is 51.6 Å². The van der Waals surface area contributed by atoms with Crippen molar-refractivity contribution in [3.8, 4) is 0 Å². The molecule has 3 nitrogen and oxygen atoms in total. The molecule has 1 saturated carbocycles. The second kappa shape index (κ2) is 7.61. The Morgan fingerprint density at radius 2 is 2.16 bits per heavy atom. The quantitative estimate of drug-likeness (QED) is 0.685. The van der Waals surface area contributed by atoms with Gasteiger partial charge in [-0.2, -0.15) is 0 Å². The van der Waals surface area contributed by atoms with Gasteiger partial charge in [0.25, 0.3) is 0 Å². The van der Waals surface area contributed by atoms with Gasteiger partial charge in [-0.15, -0.1) is 0 Å². The van der Waals surface area contributed by atoms with Crippen molar-refractivity contribution in [1.82, 2.24) is 10.2 Å². The first-order valence-electron chi connectivity index (χ1n) is 8.21. The molecule has 0 aromatic rings. The minimum Gasteiger partial charge on any atom is -0.381 e. The summed E-state index contributed by atoms with van der Waals surface area (Å²) >= 11 is 0. The summed E-state index contributed by atoms with van der Waals surface area (Å²) in [5, 5.41) is 3.63. The van der Waals surface area contributed by atoms with E-state index in [-0.39, 0.29) is 0 Å². The zero-order valence-electron chi connectivity index (χ0n) is 12.9. The van der Waals surface area contributed by atoms with Crippen LogP contribution in [0, 0.1) is 11.3 Å². The van der Waals surface area contributed by atoms with E-state index in [1.54, 1.807) is 0 Å². The average Bonchev–Trinajstić information content (AvgIpc) is 2.35. The third-order valence-electron chi connectivity index (χ3n) is 4.73. The molecule has 112 valence electrons. The van der Waals surface area contributed by atoms with E-state index in [9.17, 15) is 0 Å². The molecule has 2 rings (SSSR count). The summed E-state index contributed by atoms with van der Waals surface area (Å²) in [5.41, 5.74) is 0.353. The monoisotopic (exact) mass is 268 g/mol. The van der Waals surface area contributed by atoms with Crippen LogP contribution in [-0.2, 0) is 4.74 Å². The van der Waals surface area contributed by atoms with Crippen LogP contribution in [0.4, 0.5) is 0 Å². The summed E-state index contributed by atoms with van der Waals surface area (Å²) in [6.07, 6.45) is 8.10. The Hall–Kier alpha value is -0.120. The fourth-order valence-electron chi connectivity index (χ4n) is 3.51. The summed E-state index contributed by atoms with van der Waals surface area (Å²) in [6, 6.07) is 0. The minimum absolute atomic E-state index is 0.353. The van der Waals surface area contributed by atoms with Crippen LogP contribution in [0.15, 0.2) is 0 Å². The maximum absolute atomic E-state index is 5.80. The normalized spacial score (nSPS) is 28.6. The van der Waals surface area contributed by atoms with E-state index in [0.717, 1.165) is 32.2 Å². The highest BCUT2D eigenvalue weighted by Crippen LogP contribution is 2.31. The first-order chi connectivity index (χ1) is 9.24. The second-order valence-electron chi connectivity index (χ2n) is 6.83. The van der Waals surface area contributed by atoms with Crippen molar-refractivity contribution in [1.29, 1.82) is 0 Å². The van der Waals surface area contributed by atoms with E-state index in [0.29, 0.717) is 5.41 Å². The Balaban J connectivity index is 1.80. The molecule has 19 heavy (non-hydrogen) atoms. The molecule has 1 unspecified atom stereocenters. The molecule has 0 amide bonds. The van der Waals surface area contributed by atoms with Gasteiger partial charge in [0.1, 0.15) is 0 Å². The minimum atomic E-state index is 0.353. The Morgan fingerprint density at radius 3 is 2.74 bits per heavy atom. The number of nitrogens with one attached hydrogen (secondary N) is 1. The summed E-state index contributed by atoms with van der Waals surface area (Å²) in [4.78, 5) is 2.56. The van der Waals surface area contributed by atoms with Gasteiger partial charge in [-0.3, -0.25) is 0 Å². The van der Waals surface area contributed by atoms with E-state index in [4.69, 9.17) is 4.74 Å². The number of hydrogen-bond acceptors (Lipinski definition) is 3. The van der Waals surface area contributed by atoms with Crippen LogP contribution in [0.3, 0.4) is 0 Å². The van der Waals surface area contributed by atoms with Crippen molar-refractivity contribution < 1.29 is 4.74 Å². The summed E-state index contributed by atoms with van der Waals surface area (Å²) in [6.45, 7) is 8.88. The zero-order valence-corrected chi connectivity index (χ0v) is 12.9. The van der Waals surface area contributed by atoms with Crippen molar-refractivity contribution in [2.75, 3.05) is 46.4 Å². The third-order valence-corrected chi connectivity index (χ3v) is 4.73. The molecule has 0 aromatic heterocycles. The molecular formula is C16H32N2O. The molecule has 0 bridgehead atoms. The van der Waals surface area contributed by atoms with Gasteiger partial charge >= 0.3 is 0 Å². The molecule has 2 aliphatic rings. The molecule has 1 saturated heterocycles. The largest absolute Gasteiger partial charge is 0.381 e. The molecule has 1 aliphatic carbocycles. The fourth-order valence-corrected chi connectivity index (χ4v) is 3.51. The second-order valence-corrected chi connectivity index (χ2v) is 6.83. The highest BCUT2D eigenvalue weighted by molar-refractivity contribution is 4.87. The SMILES string of the molecule is CCCNCC1(CN(C)CC2CCC2)CCCOC1. The van der Waals surface area contributed by atoms with Crippen LogP contribution in [0.25, 0.3) is 0 Å². The van der Waals surface area contributed by atoms with Crippen molar-refractivity contribution >= 4 is 0 Å². The van der Waals surface area contributed by atoms with Crippen LogP contribution in [-0.4, -0.2) is 51.3 Å². The van der Waals surface area contributed by atoms with Crippen LogP contribution in [0.2, 0.25) is 0 Å². The van der Waals surface area contributed by atoms with Crippen molar-refractivity contribution in [2.24, 2.45) is 11.3 Å². The van der Waals surface area contributed by atoms with Gasteiger partial charge in [0, 0.05) is 31.7 Å². The topological polar surface area (TPSA) is 24.5 Å². The van der Waals surface area contributed by atoms with Gasteiger partial charge in [-0.05, 0) is 51.6 Å². The van der Waals surface area contributed by atoms with Crippen LogP contribution in [0.5, 0.6) is 0 Å². The predicted molar refractivity (Wildman–Crippen MR) is 80.5 cm³/mol. The molecule has 1 N–H and O–H groups in total.